The zero-order chi connectivity index (χ0) is 16.7. The highest BCUT2D eigenvalue weighted by Crippen LogP contribution is 2.36. The Morgan fingerprint density at radius 2 is 1.78 bits per heavy atom. The summed E-state index contributed by atoms with van der Waals surface area (Å²) >= 11 is 6.32. The monoisotopic (exact) mass is 335 g/mol. The van der Waals surface area contributed by atoms with E-state index in [9.17, 15) is 0 Å². The number of benzene rings is 2. The van der Waals surface area contributed by atoms with Crippen LogP contribution in [-0.4, -0.2) is 20.8 Å². The van der Waals surface area contributed by atoms with Crippen molar-refractivity contribution in [2.75, 3.05) is 26.1 Å². The summed E-state index contributed by atoms with van der Waals surface area (Å²) in [6.45, 7) is 3.30. The predicted octanol–water partition coefficient (Wildman–Crippen LogP) is 4.76. The normalized spacial score (nSPS) is 10.3. The van der Waals surface area contributed by atoms with Crippen molar-refractivity contribution in [3.63, 3.8) is 0 Å². The van der Waals surface area contributed by atoms with E-state index in [1.54, 1.807) is 14.2 Å². The van der Waals surface area contributed by atoms with Crippen LogP contribution in [0, 0.1) is 0 Å². The number of nitrogens with one attached hydrogen (secondary N) is 1. The van der Waals surface area contributed by atoms with Crippen LogP contribution < -0.4 is 19.5 Å². The number of halogens is 1. The largest absolute Gasteiger partial charge is 0.497 e. The summed E-state index contributed by atoms with van der Waals surface area (Å²) in [5.41, 5.74) is 2.03. The minimum Gasteiger partial charge on any atom is -0.497 e. The Morgan fingerprint density at radius 1 is 1.04 bits per heavy atom. The Balaban J connectivity index is 2.08. The summed E-state index contributed by atoms with van der Waals surface area (Å²) in [7, 11) is 3.27. The molecule has 0 amide bonds. The number of methoxy groups -OCH3 is 2. The van der Waals surface area contributed by atoms with E-state index >= 15 is 0 Å². The molecule has 0 fully saturated rings. The van der Waals surface area contributed by atoms with Crippen molar-refractivity contribution in [3.8, 4) is 17.2 Å². The molecule has 0 aromatic heterocycles. The molecule has 0 saturated heterocycles. The minimum absolute atomic E-state index is 0.560. The predicted molar refractivity (Wildman–Crippen MR) is 94.1 cm³/mol. The lowest BCUT2D eigenvalue weighted by atomic mass is 10.2. The lowest BCUT2D eigenvalue weighted by Crippen LogP contribution is -2.03. The number of hydrogen-bond donors (Lipinski definition) is 1. The Kier molecular flexibility index (Phi) is 6.41. The van der Waals surface area contributed by atoms with Crippen molar-refractivity contribution in [1.82, 2.24) is 0 Å². The molecule has 4 nitrogen and oxygen atoms in total. The Labute approximate surface area is 142 Å². The van der Waals surface area contributed by atoms with Gasteiger partial charge >= 0.3 is 0 Å². The van der Waals surface area contributed by atoms with Gasteiger partial charge in [-0.2, -0.15) is 0 Å². The molecule has 124 valence electrons. The van der Waals surface area contributed by atoms with Gasteiger partial charge in [-0.1, -0.05) is 18.5 Å². The summed E-state index contributed by atoms with van der Waals surface area (Å²) in [5, 5.41) is 3.90. The molecule has 0 spiro atoms. The van der Waals surface area contributed by atoms with Crippen LogP contribution >= 0.6 is 11.6 Å². The van der Waals surface area contributed by atoms with E-state index in [0.29, 0.717) is 29.7 Å². The molecule has 1 N–H and O–H groups in total. The van der Waals surface area contributed by atoms with E-state index in [2.05, 4.69) is 5.32 Å². The SMILES string of the molecule is CCCOc1c(Cl)cc(CNc2ccc(OC)cc2)cc1OC. The van der Waals surface area contributed by atoms with Crippen LogP contribution in [0.3, 0.4) is 0 Å². The zero-order valence-electron chi connectivity index (χ0n) is 13.7. The summed E-state index contributed by atoms with van der Waals surface area (Å²) in [5.74, 6) is 2.08. The number of hydrogen-bond acceptors (Lipinski definition) is 4. The molecule has 0 heterocycles. The van der Waals surface area contributed by atoms with Gasteiger partial charge < -0.3 is 19.5 Å². The van der Waals surface area contributed by atoms with Gasteiger partial charge in [0.2, 0.25) is 0 Å². The van der Waals surface area contributed by atoms with Crippen molar-refractivity contribution < 1.29 is 14.2 Å². The maximum Gasteiger partial charge on any atom is 0.179 e. The number of anilines is 1. The minimum atomic E-state index is 0.560. The Bertz CT molecular complexity index is 629. The van der Waals surface area contributed by atoms with Crippen molar-refractivity contribution in [2.45, 2.75) is 19.9 Å². The first kappa shape index (κ1) is 17.3. The third kappa shape index (κ3) is 4.70. The third-order valence-electron chi connectivity index (χ3n) is 3.33. The quantitative estimate of drug-likeness (QED) is 0.755. The van der Waals surface area contributed by atoms with E-state index < -0.39 is 0 Å². The van der Waals surface area contributed by atoms with Crippen LogP contribution in [0.4, 0.5) is 5.69 Å². The maximum absolute atomic E-state index is 6.32. The van der Waals surface area contributed by atoms with E-state index in [1.807, 2.05) is 43.3 Å². The van der Waals surface area contributed by atoms with Crippen LogP contribution in [0.15, 0.2) is 36.4 Å². The molecule has 2 rings (SSSR count). The third-order valence-corrected chi connectivity index (χ3v) is 3.61. The topological polar surface area (TPSA) is 39.7 Å². The van der Waals surface area contributed by atoms with Crippen molar-refractivity contribution in [1.29, 1.82) is 0 Å². The molecule has 23 heavy (non-hydrogen) atoms. The van der Waals surface area contributed by atoms with Gasteiger partial charge in [0, 0.05) is 12.2 Å². The van der Waals surface area contributed by atoms with Gasteiger partial charge in [0.25, 0.3) is 0 Å². The first-order valence-electron chi connectivity index (χ1n) is 7.55. The van der Waals surface area contributed by atoms with Crippen LogP contribution in [-0.2, 0) is 6.54 Å². The fraction of sp³-hybridized carbons (Fsp3) is 0.333. The first-order chi connectivity index (χ1) is 11.2. The zero-order valence-corrected chi connectivity index (χ0v) is 14.4. The molecular weight excluding hydrogens is 314 g/mol. The second-order valence-electron chi connectivity index (χ2n) is 5.04. The molecule has 2 aromatic carbocycles. The fourth-order valence-corrected chi connectivity index (χ4v) is 2.42. The molecule has 0 saturated carbocycles. The maximum atomic E-state index is 6.32. The second kappa shape index (κ2) is 8.53. The molecular formula is C18H22ClNO3. The molecule has 0 atom stereocenters. The number of ether oxygens (including phenoxy) is 3. The highest BCUT2D eigenvalue weighted by Gasteiger charge is 2.11. The summed E-state index contributed by atoms with van der Waals surface area (Å²) in [6.07, 6.45) is 0.917. The van der Waals surface area contributed by atoms with E-state index in [4.69, 9.17) is 25.8 Å². The van der Waals surface area contributed by atoms with Gasteiger partial charge in [0.05, 0.1) is 25.8 Å². The molecule has 0 bridgehead atoms. The average molecular weight is 336 g/mol. The fourth-order valence-electron chi connectivity index (χ4n) is 2.13. The van der Waals surface area contributed by atoms with Gasteiger partial charge in [0.1, 0.15) is 5.75 Å². The van der Waals surface area contributed by atoms with Gasteiger partial charge in [-0.3, -0.25) is 0 Å². The highest BCUT2D eigenvalue weighted by atomic mass is 35.5. The average Bonchev–Trinajstić information content (AvgIpc) is 2.59. The summed E-state index contributed by atoms with van der Waals surface area (Å²) in [4.78, 5) is 0. The van der Waals surface area contributed by atoms with Crippen molar-refractivity contribution in [3.05, 3.63) is 47.0 Å². The first-order valence-corrected chi connectivity index (χ1v) is 7.92. The second-order valence-corrected chi connectivity index (χ2v) is 5.45. The molecule has 0 unspecified atom stereocenters. The van der Waals surface area contributed by atoms with Crippen molar-refractivity contribution >= 4 is 17.3 Å². The smallest absolute Gasteiger partial charge is 0.179 e. The molecule has 0 radical (unpaired) electrons. The summed E-state index contributed by atoms with van der Waals surface area (Å²) in [6, 6.07) is 11.6. The van der Waals surface area contributed by atoms with Gasteiger partial charge in [0.15, 0.2) is 11.5 Å². The molecule has 2 aromatic rings. The van der Waals surface area contributed by atoms with Crippen LogP contribution in [0.2, 0.25) is 5.02 Å². The van der Waals surface area contributed by atoms with Gasteiger partial charge in [-0.15, -0.1) is 0 Å². The molecule has 5 heteroatoms. The van der Waals surface area contributed by atoms with Crippen molar-refractivity contribution in [2.24, 2.45) is 0 Å². The Morgan fingerprint density at radius 3 is 2.39 bits per heavy atom. The standard InChI is InChI=1S/C18H22ClNO3/c1-4-9-23-18-16(19)10-13(11-17(18)22-3)12-20-14-5-7-15(21-2)8-6-14/h5-8,10-11,20H,4,9,12H2,1-3H3. The molecule has 0 aliphatic carbocycles. The van der Waals surface area contributed by atoms with E-state index in [1.165, 1.54) is 0 Å². The molecule has 0 aliphatic rings. The van der Waals surface area contributed by atoms with Gasteiger partial charge in [-0.05, 0) is 48.4 Å². The highest BCUT2D eigenvalue weighted by molar-refractivity contribution is 6.32. The lowest BCUT2D eigenvalue weighted by Gasteiger charge is -2.14. The molecule has 0 aliphatic heterocycles. The van der Waals surface area contributed by atoms with Crippen LogP contribution in [0.1, 0.15) is 18.9 Å². The van der Waals surface area contributed by atoms with E-state index in [0.717, 1.165) is 23.4 Å². The van der Waals surface area contributed by atoms with Crippen LogP contribution in [0.5, 0.6) is 17.2 Å². The Hall–Kier alpha value is -2.07. The van der Waals surface area contributed by atoms with Gasteiger partial charge in [-0.25, -0.2) is 0 Å². The van der Waals surface area contributed by atoms with E-state index in [-0.39, 0.29) is 0 Å². The summed E-state index contributed by atoms with van der Waals surface area (Å²) < 4.78 is 16.2. The lowest BCUT2D eigenvalue weighted by molar-refractivity contribution is 0.294. The van der Waals surface area contributed by atoms with Crippen LogP contribution in [0.25, 0.3) is 0 Å². The number of rotatable bonds is 8.